The Morgan fingerprint density at radius 1 is 0.755 bits per heavy atom. The van der Waals surface area contributed by atoms with Crippen LogP contribution >= 0.6 is 35.6 Å². The fourth-order valence-electron chi connectivity index (χ4n) is 6.70. The molecule has 0 saturated carbocycles. The van der Waals surface area contributed by atoms with Gasteiger partial charge in [0.1, 0.15) is 40.9 Å². The molecule has 0 amide bonds. The van der Waals surface area contributed by atoms with Crippen molar-refractivity contribution in [3.05, 3.63) is 102 Å². The third kappa shape index (κ3) is 8.95. The number of allylic oxidation sites excluding steroid dienone is 2. The molecule has 2 aliphatic heterocycles. The van der Waals surface area contributed by atoms with Gasteiger partial charge >= 0.3 is 11.3 Å². The second-order valence-corrected chi connectivity index (χ2v) is 13.9. The maximum atomic E-state index is 13.2. The Balaban J connectivity index is 0.00000541. The summed E-state index contributed by atoms with van der Waals surface area (Å²) in [7, 11) is 0. The summed E-state index contributed by atoms with van der Waals surface area (Å²) in [5.41, 5.74) is 3.66. The molecule has 1 N–H and O–H groups in total. The molecule has 2 saturated heterocycles. The minimum absolute atomic E-state index is 0. The second kappa shape index (κ2) is 18.3. The van der Waals surface area contributed by atoms with Crippen LogP contribution < -0.4 is 20.7 Å². The first-order valence-electron chi connectivity index (χ1n) is 17.4. The molecular weight excluding hydrogens is 747 g/mol. The van der Waals surface area contributed by atoms with E-state index in [0.717, 1.165) is 48.4 Å². The van der Waals surface area contributed by atoms with Crippen LogP contribution in [0.15, 0.2) is 55.9 Å². The summed E-state index contributed by atoms with van der Waals surface area (Å²) in [6.07, 6.45) is 3.17. The molecule has 11 nitrogen and oxygen atoms in total. The maximum absolute atomic E-state index is 13.2. The lowest BCUT2D eigenvalue weighted by atomic mass is 10.0. The fraction of sp³-hybridized carbons (Fsp3) is 0.436. The van der Waals surface area contributed by atoms with Crippen LogP contribution in [0.3, 0.4) is 0 Å². The van der Waals surface area contributed by atoms with E-state index in [1.165, 1.54) is 0 Å². The molecule has 14 heteroatoms. The lowest BCUT2D eigenvalue weighted by Crippen LogP contribution is -2.37. The van der Waals surface area contributed by atoms with Crippen LogP contribution in [0.25, 0.3) is 21.9 Å². The summed E-state index contributed by atoms with van der Waals surface area (Å²) < 4.78 is 34.6. The van der Waals surface area contributed by atoms with Crippen LogP contribution in [-0.2, 0) is 35.4 Å². The van der Waals surface area contributed by atoms with Gasteiger partial charge in [-0.05, 0) is 49.9 Å². The Labute approximate surface area is 324 Å². The van der Waals surface area contributed by atoms with E-state index in [1.807, 2.05) is 26.0 Å². The molecule has 0 aliphatic carbocycles. The van der Waals surface area contributed by atoms with E-state index in [9.17, 15) is 14.7 Å². The van der Waals surface area contributed by atoms with E-state index in [4.69, 9.17) is 51.0 Å². The van der Waals surface area contributed by atoms with Gasteiger partial charge in [-0.25, -0.2) is 9.59 Å². The number of aliphatic hydroxyl groups is 1. The molecule has 4 aromatic rings. The largest absolute Gasteiger partial charge is 0.489 e. The minimum atomic E-state index is -1.12. The molecule has 4 heterocycles. The molecule has 2 aromatic heterocycles. The average molecular weight is 792 g/mol. The Hall–Kier alpha value is -3.39. The van der Waals surface area contributed by atoms with Gasteiger partial charge in [0.2, 0.25) is 0 Å². The molecule has 6 rings (SSSR count). The van der Waals surface area contributed by atoms with E-state index >= 15 is 0 Å². The van der Waals surface area contributed by atoms with Crippen LogP contribution in [0.1, 0.15) is 33.4 Å². The lowest BCUT2D eigenvalue weighted by molar-refractivity contribution is 0.0336. The van der Waals surface area contributed by atoms with E-state index in [-0.39, 0.29) is 58.3 Å². The summed E-state index contributed by atoms with van der Waals surface area (Å²) in [6.45, 7) is 17.4. The van der Waals surface area contributed by atoms with Crippen LogP contribution in [0.2, 0.25) is 10.0 Å². The molecule has 0 unspecified atom stereocenters. The summed E-state index contributed by atoms with van der Waals surface area (Å²) in [6, 6.07) is 3.78. The number of hydrogen-bond donors (Lipinski definition) is 1. The Morgan fingerprint density at radius 2 is 1.13 bits per heavy atom. The topological polar surface area (TPSA) is 124 Å². The van der Waals surface area contributed by atoms with Crippen molar-refractivity contribution < 1.29 is 32.9 Å². The van der Waals surface area contributed by atoms with E-state index in [0.29, 0.717) is 74.3 Å². The highest BCUT2D eigenvalue weighted by Gasteiger charge is 2.25. The van der Waals surface area contributed by atoms with Crippen molar-refractivity contribution in [3.63, 3.8) is 0 Å². The number of halogens is 3. The van der Waals surface area contributed by atoms with E-state index in [2.05, 4.69) is 23.0 Å². The molecule has 0 spiro atoms. The van der Waals surface area contributed by atoms with Crippen LogP contribution in [0.4, 0.5) is 0 Å². The molecule has 2 aliphatic rings. The summed E-state index contributed by atoms with van der Waals surface area (Å²) in [5, 5.41) is 12.7. The zero-order chi connectivity index (χ0) is 36.9. The van der Waals surface area contributed by atoms with Crippen molar-refractivity contribution in [2.24, 2.45) is 0 Å². The Morgan fingerprint density at radius 3 is 1.49 bits per heavy atom. The van der Waals surface area contributed by atoms with Gasteiger partial charge in [0, 0.05) is 61.2 Å². The highest BCUT2D eigenvalue weighted by molar-refractivity contribution is 6.37. The third-order valence-electron chi connectivity index (χ3n) is 9.64. The number of benzene rings is 2. The first-order chi connectivity index (χ1) is 25.1. The number of ether oxygens (including phenoxy) is 4. The lowest BCUT2D eigenvalue weighted by Gasteiger charge is -2.27. The van der Waals surface area contributed by atoms with Gasteiger partial charge in [-0.3, -0.25) is 9.80 Å². The molecule has 0 atom stereocenters. The predicted octanol–water partition coefficient (Wildman–Crippen LogP) is 6.18. The molecular formula is C39H45Cl3N2O9. The quantitative estimate of drug-likeness (QED) is 0.116. The number of morpholine rings is 2. The molecule has 0 radical (unpaired) electrons. The fourth-order valence-corrected chi connectivity index (χ4v) is 7.33. The highest BCUT2D eigenvalue weighted by atomic mass is 35.5. The zero-order valence-corrected chi connectivity index (χ0v) is 32.3. The number of fused-ring (bicyclic) bond motifs is 2. The summed E-state index contributed by atoms with van der Waals surface area (Å²) in [5.74, 6) is 0.552. The van der Waals surface area contributed by atoms with Gasteiger partial charge in [0.25, 0.3) is 0 Å². The van der Waals surface area contributed by atoms with Crippen molar-refractivity contribution in [3.8, 4) is 11.5 Å². The first-order valence-corrected chi connectivity index (χ1v) is 18.2. The number of hydrogen-bond acceptors (Lipinski definition) is 11. The van der Waals surface area contributed by atoms with Crippen molar-refractivity contribution in [1.29, 1.82) is 0 Å². The standard InChI is InChI=1S/C39H44Cl2N2O9.ClH/c1-5-7-25-17-28-23(3)30(19-42-9-13-47-14-10-42)38(45)51-36(28)32(40)34(25)49-21-27(44)22-50-35-26(8-6-2)18-29-24(4)31(20-43-11-15-48-16-12-43)39(46)52-37(29)33(35)41;/h5-6,17-18,27,44H,1-2,7-16,19-22H2,3-4H3;1H. The van der Waals surface area contributed by atoms with Crippen LogP contribution in [0.5, 0.6) is 11.5 Å². The Kier molecular flexibility index (Phi) is 14.1. The predicted molar refractivity (Wildman–Crippen MR) is 209 cm³/mol. The van der Waals surface area contributed by atoms with Crippen molar-refractivity contribution in [2.75, 3.05) is 65.8 Å². The first kappa shape index (κ1) is 40.8. The normalized spacial score (nSPS) is 15.5. The van der Waals surface area contributed by atoms with Crippen molar-refractivity contribution in [1.82, 2.24) is 9.80 Å². The van der Waals surface area contributed by atoms with Crippen LogP contribution in [0, 0.1) is 13.8 Å². The van der Waals surface area contributed by atoms with Gasteiger partial charge in [0.15, 0.2) is 11.2 Å². The molecule has 53 heavy (non-hydrogen) atoms. The smallest absolute Gasteiger partial charge is 0.341 e. The van der Waals surface area contributed by atoms with Gasteiger partial charge < -0.3 is 32.9 Å². The van der Waals surface area contributed by atoms with Gasteiger partial charge in [-0.2, -0.15) is 0 Å². The molecule has 0 bridgehead atoms. The minimum Gasteiger partial charge on any atom is -0.489 e. The molecule has 2 aromatic carbocycles. The van der Waals surface area contributed by atoms with Crippen LogP contribution in [-0.4, -0.2) is 86.8 Å². The number of rotatable bonds is 14. The SMILES string of the molecule is C=CCc1cc2c(C)c(CN3CCOCC3)c(=O)oc2c(Cl)c1OCC(O)COc1c(CC=C)cc2c(C)c(CN3CCOCC3)c(=O)oc2c1Cl.Cl. The van der Waals surface area contributed by atoms with Gasteiger partial charge in [-0.15, -0.1) is 25.6 Å². The van der Waals surface area contributed by atoms with Gasteiger partial charge in [0.05, 0.1) is 37.6 Å². The van der Waals surface area contributed by atoms with Gasteiger partial charge in [-0.1, -0.05) is 35.4 Å². The zero-order valence-electron chi connectivity index (χ0n) is 30.0. The molecule has 2 fully saturated rings. The van der Waals surface area contributed by atoms with E-state index in [1.54, 1.807) is 12.2 Å². The highest BCUT2D eigenvalue weighted by Crippen LogP contribution is 2.40. The summed E-state index contributed by atoms with van der Waals surface area (Å²) in [4.78, 5) is 30.6. The molecule has 286 valence electrons. The second-order valence-electron chi connectivity index (χ2n) is 13.1. The maximum Gasteiger partial charge on any atom is 0.341 e. The summed E-state index contributed by atoms with van der Waals surface area (Å²) >= 11 is 13.7. The number of nitrogens with zero attached hydrogens (tertiary/aromatic N) is 2. The van der Waals surface area contributed by atoms with Crippen molar-refractivity contribution >= 4 is 57.5 Å². The number of aliphatic hydroxyl groups excluding tert-OH is 1. The van der Waals surface area contributed by atoms with E-state index < -0.39 is 17.4 Å². The monoisotopic (exact) mass is 790 g/mol. The Bertz CT molecular complexity index is 1940. The average Bonchev–Trinajstić information content (AvgIpc) is 3.13. The van der Waals surface area contributed by atoms with Crippen molar-refractivity contribution in [2.45, 2.75) is 45.9 Å². The number of aryl methyl sites for hydroxylation is 2. The third-order valence-corrected chi connectivity index (χ3v) is 10.3.